The first-order chi connectivity index (χ1) is 6.56. The minimum Gasteiger partial charge on any atom is -0.479 e. The van der Waals surface area contributed by atoms with Crippen molar-refractivity contribution in [3.8, 4) is 0 Å². The number of hydrogen-bond acceptors (Lipinski definition) is 5. The summed E-state index contributed by atoms with van der Waals surface area (Å²) in [6, 6.07) is 1.34. The molecule has 0 aliphatic heterocycles. The summed E-state index contributed by atoms with van der Waals surface area (Å²) in [6.07, 6.45) is -2.78. The van der Waals surface area contributed by atoms with Gasteiger partial charge in [0.1, 0.15) is 6.10 Å². The molecule has 0 bridgehead atoms. The molecule has 1 aromatic rings. The van der Waals surface area contributed by atoms with Gasteiger partial charge in [-0.3, -0.25) is 4.79 Å². The third-order valence-electron chi connectivity index (χ3n) is 1.65. The molecule has 0 saturated heterocycles. The van der Waals surface area contributed by atoms with Crippen LogP contribution in [0.25, 0.3) is 0 Å². The summed E-state index contributed by atoms with van der Waals surface area (Å²) in [5.41, 5.74) is 0.229. The Hall–Kier alpha value is -1.24. The van der Waals surface area contributed by atoms with Gasteiger partial charge >= 0.3 is 5.97 Å². The van der Waals surface area contributed by atoms with E-state index < -0.39 is 18.2 Å². The van der Waals surface area contributed by atoms with Crippen molar-refractivity contribution < 1.29 is 24.9 Å². The Bertz CT molecular complexity index is 345. The number of rotatable bonds is 4. The second kappa shape index (κ2) is 4.32. The van der Waals surface area contributed by atoms with Crippen LogP contribution in [-0.2, 0) is 4.79 Å². The molecule has 1 heterocycles. The summed E-state index contributed by atoms with van der Waals surface area (Å²) in [7, 11) is 0. The predicted molar refractivity (Wildman–Crippen MR) is 48.3 cm³/mol. The van der Waals surface area contributed by atoms with E-state index in [1.54, 1.807) is 0 Å². The first kappa shape index (κ1) is 10.8. The lowest BCUT2D eigenvalue weighted by molar-refractivity contribution is -0.153. The maximum atomic E-state index is 10.3. The average molecular weight is 216 g/mol. The van der Waals surface area contributed by atoms with Crippen molar-refractivity contribution in [2.24, 2.45) is 0 Å². The van der Waals surface area contributed by atoms with Crippen LogP contribution in [0.3, 0.4) is 0 Å². The van der Waals surface area contributed by atoms with Gasteiger partial charge < -0.3 is 15.3 Å². The third-order valence-corrected chi connectivity index (χ3v) is 2.53. The molecule has 0 radical (unpaired) electrons. The van der Waals surface area contributed by atoms with E-state index in [-0.39, 0.29) is 5.56 Å². The van der Waals surface area contributed by atoms with Gasteiger partial charge in [-0.25, -0.2) is 4.79 Å². The zero-order valence-electron chi connectivity index (χ0n) is 6.95. The van der Waals surface area contributed by atoms with Crippen LogP contribution in [0.15, 0.2) is 11.4 Å². The van der Waals surface area contributed by atoms with Gasteiger partial charge in [0.15, 0.2) is 12.4 Å². The fourth-order valence-electron chi connectivity index (χ4n) is 0.903. The molecule has 0 fully saturated rings. The van der Waals surface area contributed by atoms with Gasteiger partial charge in [-0.05, 0) is 17.0 Å². The molecule has 0 aliphatic rings. The summed E-state index contributed by atoms with van der Waals surface area (Å²) in [5.74, 6) is -1.50. The number of carbonyl (C=O) groups is 2. The van der Waals surface area contributed by atoms with E-state index >= 15 is 0 Å². The van der Waals surface area contributed by atoms with Gasteiger partial charge in [0.25, 0.3) is 0 Å². The SMILES string of the molecule is O=Cc1cc(C(O)C(O)C(=O)O)cs1. The maximum absolute atomic E-state index is 10.3. The van der Waals surface area contributed by atoms with E-state index in [2.05, 4.69) is 0 Å². The lowest BCUT2D eigenvalue weighted by Gasteiger charge is -2.11. The molecule has 0 aliphatic carbocycles. The van der Waals surface area contributed by atoms with Crippen molar-refractivity contribution in [2.75, 3.05) is 0 Å². The molecule has 0 saturated carbocycles. The molecule has 1 aromatic heterocycles. The highest BCUT2D eigenvalue weighted by Gasteiger charge is 2.25. The summed E-state index contributed by atoms with van der Waals surface area (Å²) >= 11 is 1.07. The zero-order chi connectivity index (χ0) is 10.7. The van der Waals surface area contributed by atoms with Crippen LogP contribution in [0.2, 0.25) is 0 Å². The lowest BCUT2D eigenvalue weighted by atomic mass is 10.1. The molecule has 6 heteroatoms. The fraction of sp³-hybridized carbons (Fsp3) is 0.250. The van der Waals surface area contributed by atoms with Gasteiger partial charge in [0.05, 0.1) is 4.88 Å². The highest BCUT2D eigenvalue weighted by molar-refractivity contribution is 7.11. The molecule has 0 aromatic carbocycles. The number of carboxylic acid groups (broad SMARTS) is 1. The Morgan fingerprint density at radius 1 is 1.50 bits per heavy atom. The minimum absolute atomic E-state index is 0.229. The number of aliphatic hydroxyl groups is 2. The summed E-state index contributed by atoms with van der Waals surface area (Å²) in [5, 5.41) is 28.2. The molecule has 2 atom stereocenters. The van der Waals surface area contributed by atoms with Crippen LogP contribution >= 0.6 is 11.3 Å². The second-order valence-electron chi connectivity index (χ2n) is 2.63. The minimum atomic E-state index is -1.87. The molecule has 3 N–H and O–H groups in total. The largest absolute Gasteiger partial charge is 0.479 e. The standard InChI is InChI=1S/C8H8O5S/c9-2-5-1-4(3-14-5)6(10)7(11)8(12)13/h1-3,6-7,10-11H,(H,12,13). The quantitative estimate of drug-likeness (QED) is 0.618. The predicted octanol–water partition coefficient (Wildman–Crippen LogP) is 0.0395. The Morgan fingerprint density at radius 3 is 2.57 bits per heavy atom. The molecular weight excluding hydrogens is 208 g/mol. The van der Waals surface area contributed by atoms with Crippen LogP contribution < -0.4 is 0 Å². The van der Waals surface area contributed by atoms with E-state index in [1.165, 1.54) is 11.4 Å². The first-order valence-corrected chi connectivity index (χ1v) is 4.56. The smallest absolute Gasteiger partial charge is 0.335 e. The Labute approximate surface area is 83.2 Å². The molecular formula is C8H8O5S. The molecule has 1 rings (SSSR count). The molecule has 0 amide bonds. The second-order valence-corrected chi connectivity index (χ2v) is 3.57. The van der Waals surface area contributed by atoms with Crippen molar-refractivity contribution in [1.82, 2.24) is 0 Å². The van der Waals surface area contributed by atoms with Gasteiger partial charge in [-0.2, -0.15) is 0 Å². The lowest BCUT2D eigenvalue weighted by Crippen LogP contribution is -2.27. The maximum Gasteiger partial charge on any atom is 0.335 e. The van der Waals surface area contributed by atoms with E-state index in [1.807, 2.05) is 0 Å². The summed E-state index contributed by atoms with van der Waals surface area (Å²) in [4.78, 5) is 21.0. The number of aldehydes is 1. The molecule has 0 spiro atoms. The molecule has 76 valence electrons. The Balaban J connectivity index is 2.83. The zero-order valence-corrected chi connectivity index (χ0v) is 7.77. The van der Waals surface area contributed by atoms with E-state index in [4.69, 9.17) is 10.2 Å². The number of carbonyl (C=O) groups excluding carboxylic acids is 1. The summed E-state index contributed by atoms with van der Waals surface area (Å²) in [6.45, 7) is 0. The Morgan fingerprint density at radius 2 is 2.14 bits per heavy atom. The van der Waals surface area contributed by atoms with Gasteiger partial charge in [-0.1, -0.05) is 0 Å². The van der Waals surface area contributed by atoms with Crippen molar-refractivity contribution in [3.05, 3.63) is 21.9 Å². The van der Waals surface area contributed by atoms with Crippen LogP contribution in [0.1, 0.15) is 21.3 Å². The molecule has 5 nitrogen and oxygen atoms in total. The van der Waals surface area contributed by atoms with Gasteiger partial charge in [0.2, 0.25) is 0 Å². The van der Waals surface area contributed by atoms with E-state index in [9.17, 15) is 14.7 Å². The molecule has 2 unspecified atom stereocenters. The highest BCUT2D eigenvalue weighted by atomic mass is 32.1. The van der Waals surface area contributed by atoms with Crippen molar-refractivity contribution in [2.45, 2.75) is 12.2 Å². The van der Waals surface area contributed by atoms with Crippen LogP contribution in [-0.4, -0.2) is 33.7 Å². The third kappa shape index (κ3) is 2.16. The van der Waals surface area contributed by atoms with E-state index in [0.717, 1.165) is 11.3 Å². The van der Waals surface area contributed by atoms with Crippen molar-refractivity contribution in [1.29, 1.82) is 0 Å². The summed E-state index contributed by atoms with van der Waals surface area (Å²) < 4.78 is 0. The number of hydrogen-bond donors (Lipinski definition) is 3. The number of thiophene rings is 1. The highest BCUT2D eigenvalue weighted by Crippen LogP contribution is 2.22. The number of carboxylic acids is 1. The number of aliphatic hydroxyl groups excluding tert-OH is 2. The topological polar surface area (TPSA) is 94.8 Å². The normalized spacial score (nSPS) is 14.7. The number of aliphatic carboxylic acids is 1. The van der Waals surface area contributed by atoms with Crippen LogP contribution in [0.5, 0.6) is 0 Å². The van der Waals surface area contributed by atoms with E-state index in [0.29, 0.717) is 11.2 Å². The van der Waals surface area contributed by atoms with Crippen molar-refractivity contribution in [3.63, 3.8) is 0 Å². The van der Waals surface area contributed by atoms with Crippen LogP contribution in [0, 0.1) is 0 Å². The van der Waals surface area contributed by atoms with Crippen molar-refractivity contribution >= 4 is 23.6 Å². The Kier molecular flexibility index (Phi) is 3.34. The fourth-order valence-corrected chi connectivity index (χ4v) is 1.64. The van der Waals surface area contributed by atoms with Gasteiger partial charge in [0, 0.05) is 0 Å². The molecule has 14 heavy (non-hydrogen) atoms. The first-order valence-electron chi connectivity index (χ1n) is 3.69. The van der Waals surface area contributed by atoms with Crippen LogP contribution in [0.4, 0.5) is 0 Å². The monoisotopic (exact) mass is 216 g/mol. The average Bonchev–Trinajstić information content (AvgIpc) is 2.63. The van der Waals surface area contributed by atoms with Gasteiger partial charge in [-0.15, -0.1) is 11.3 Å².